The van der Waals surface area contributed by atoms with Crippen LogP contribution in [0.3, 0.4) is 0 Å². The Balaban J connectivity index is 2.44. The topological polar surface area (TPSA) is 45.0 Å². The molecule has 0 aliphatic rings. The summed E-state index contributed by atoms with van der Waals surface area (Å²) in [4.78, 5) is 0. The van der Waals surface area contributed by atoms with Gasteiger partial charge < -0.3 is 10.1 Å². The number of hydrogen-bond donors (Lipinski definition) is 1. The van der Waals surface area contributed by atoms with Gasteiger partial charge in [-0.25, -0.2) is 0 Å². The van der Waals surface area contributed by atoms with Gasteiger partial charge in [0.1, 0.15) is 5.75 Å². The van der Waals surface area contributed by atoms with Crippen molar-refractivity contribution in [3.63, 3.8) is 0 Å². The van der Waals surface area contributed by atoms with Crippen molar-refractivity contribution in [2.24, 2.45) is 5.41 Å². The van der Waals surface area contributed by atoms with Gasteiger partial charge in [0.15, 0.2) is 0 Å². The first-order valence-corrected chi connectivity index (χ1v) is 6.78. The predicted octanol–water partition coefficient (Wildman–Crippen LogP) is 3.68. The Hall–Kier alpha value is -1.53. The number of hydrogen-bond acceptors (Lipinski definition) is 3. The van der Waals surface area contributed by atoms with Crippen molar-refractivity contribution in [1.82, 2.24) is 5.32 Å². The smallest absolute Gasteiger partial charge is 0.123 e. The second-order valence-electron chi connectivity index (χ2n) is 5.52. The quantitative estimate of drug-likeness (QED) is 0.761. The molecule has 0 aromatic heterocycles. The van der Waals surface area contributed by atoms with E-state index < -0.39 is 0 Å². The van der Waals surface area contributed by atoms with Crippen molar-refractivity contribution in [1.29, 1.82) is 5.26 Å². The molecule has 19 heavy (non-hydrogen) atoms. The fourth-order valence-corrected chi connectivity index (χ4v) is 2.04. The summed E-state index contributed by atoms with van der Waals surface area (Å²) in [5, 5.41) is 12.4. The van der Waals surface area contributed by atoms with E-state index in [0.29, 0.717) is 0 Å². The molecule has 1 aromatic carbocycles. The Kier molecular flexibility index (Phi) is 5.85. The van der Waals surface area contributed by atoms with Gasteiger partial charge in [0.25, 0.3) is 0 Å². The molecule has 0 unspecified atom stereocenters. The summed E-state index contributed by atoms with van der Waals surface area (Å²) in [6.07, 6.45) is 1.91. The lowest BCUT2D eigenvalue weighted by Crippen LogP contribution is -2.22. The number of methoxy groups -OCH3 is 1. The highest BCUT2D eigenvalue weighted by Crippen LogP contribution is 2.25. The standard InChI is InChI=1S/C16H24N2O/c1-13(14-8-5-6-9-15(14)19-4)18-11-7-10-16(2,3)12-17/h5-6,8-9,13,18H,7,10-11H2,1-4H3/t13-/m0/s1. The molecule has 0 fully saturated rings. The third-order valence-corrected chi connectivity index (χ3v) is 3.34. The van der Waals surface area contributed by atoms with Gasteiger partial charge in [0.05, 0.1) is 18.6 Å². The average Bonchev–Trinajstić information content (AvgIpc) is 2.43. The molecule has 1 aromatic rings. The SMILES string of the molecule is COc1ccccc1[C@H](C)NCCCC(C)(C)C#N. The number of nitrogens with zero attached hydrogens (tertiary/aromatic N) is 1. The summed E-state index contributed by atoms with van der Waals surface area (Å²) in [5.74, 6) is 0.917. The van der Waals surface area contributed by atoms with E-state index in [0.717, 1.165) is 25.1 Å². The number of nitrogens with one attached hydrogen (secondary N) is 1. The van der Waals surface area contributed by atoms with Gasteiger partial charge in [0, 0.05) is 11.6 Å². The minimum Gasteiger partial charge on any atom is -0.496 e. The van der Waals surface area contributed by atoms with Gasteiger partial charge in [-0.05, 0) is 46.2 Å². The average molecular weight is 260 g/mol. The summed E-state index contributed by atoms with van der Waals surface area (Å²) >= 11 is 0. The highest BCUT2D eigenvalue weighted by atomic mass is 16.5. The van der Waals surface area contributed by atoms with Crippen LogP contribution in [0, 0.1) is 16.7 Å². The van der Waals surface area contributed by atoms with Gasteiger partial charge >= 0.3 is 0 Å². The maximum Gasteiger partial charge on any atom is 0.123 e. The van der Waals surface area contributed by atoms with Crippen LogP contribution in [0.2, 0.25) is 0 Å². The molecule has 1 rings (SSSR count). The van der Waals surface area contributed by atoms with Crippen LogP contribution in [0.15, 0.2) is 24.3 Å². The van der Waals surface area contributed by atoms with Gasteiger partial charge in [-0.15, -0.1) is 0 Å². The minimum atomic E-state index is -0.227. The van der Waals surface area contributed by atoms with Gasteiger partial charge in [-0.1, -0.05) is 18.2 Å². The van der Waals surface area contributed by atoms with Crippen molar-refractivity contribution < 1.29 is 4.74 Å². The Morgan fingerprint density at radius 3 is 2.68 bits per heavy atom. The molecule has 0 bridgehead atoms. The molecule has 0 saturated heterocycles. The highest BCUT2D eigenvalue weighted by molar-refractivity contribution is 5.35. The van der Waals surface area contributed by atoms with Crippen LogP contribution < -0.4 is 10.1 Å². The molecule has 0 heterocycles. The van der Waals surface area contributed by atoms with Crippen molar-refractivity contribution in [2.75, 3.05) is 13.7 Å². The zero-order valence-corrected chi connectivity index (χ0v) is 12.4. The first kappa shape index (κ1) is 15.5. The third kappa shape index (κ3) is 4.92. The summed E-state index contributed by atoms with van der Waals surface area (Å²) in [6.45, 7) is 7.00. The number of ether oxygens (including phenoxy) is 1. The van der Waals surface area contributed by atoms with Crippen LogP contribution in [0.5, 0.6) is 5.75 Å². The number of para-hydroxylation sites is 1. The minimum absolute atomic E-state index is 0.227. The molecular weight excluding hydrogens is 236 g/mol. The number of nitriles is 1. The van der Waals surface area contributed by atoms with E-state index in [-0.39, 0.29) is 11.5 Å². The lowest BCUT2D eigenvalue weighted by molar-refractivity contribution is 0.394. The molecule has 0 aliphatic heterocycles. The molecule has 1 N–H and O–H groups in total. The van der Waals surface area contributed by atoms with Crippen molar-refractivity contribution in [2.45, 2.75) is 39.7 Å². The van der Waals surface area contributed by atoms with E-state index in [1.807, 2.05) is 32.0 Å². The first-order valence-electron chi connectivity index (χ1n) is 6.78. The lowest BCUT2D eigenvalue weighted by Gasteiger charge is -2.19. The van der Waals surface area contributed by atoms with Crippen molar-refractivity contribution in [3.8, 4) is 11.8 Å². The van der Waals surface area contributed by atoms with Crippen LogP contribution in [0.4, 0.5) is 0 Å². The molecule has 0 amide bonds. The van der Waals surface area contributed by atoms with Crippen molar-refractivity contribution >= 4 is 0 Å². The number of benzene rings is 1. The second kappa shape index (κ2) is 7.16. The fourth-order valence-electron chi connectivity index (χ4n) is 2.04. The Bertz CT molecular complexity index is 435. The molecule has 1 atom stereocenters. The first-order chi connectivity index (χ1) is 9.00. The molecule has 0 saturated carbocycles. The highest BCUT2D eigenvalue weighted by Gasteiger charge is 2.16. The Morgan fingerprint density at radius 1 is 1.37 bits per heavy atom. The normalized spacial score (nSPS) is 12.8. The van der Waals surface area contributed by atoms with Crippen LogP contribution in [-0.4, -0.2) is 13.7 Å². The third-order valence-electron chi connectivity index (χ3n) is 3.34. The molecule has 3 heteroatoms. The maximum absolute atomic E-state index is 8.96. The molecule has 0 aliphatic carbocycles. The summed E-state index contributed by atoms with van der Waals surface area (Å²) in [6, 6.07) is 10.6. The predicted molar refractivity (Wildman–Crippen MR) is 78.0 cm³/mol. The molecule has 0 radical (unpaired) electrons. The zero-order valence-electron chi connectivity index (χ0n) is 12.4. The van der Waals surface area contributed by atoms with Gasteiger partial charge in [0.2, 0.25) is 0 Å². The van der Waals surface area contributed by atoms with E-state index in [1.54, 1.807) is 7.11 Å². The summed E-state index contributed by atoms with van der Waals surface area (Å²) in [5.41, 5.74) is 0.944. The zero-order chi connectivity index (χ0) is 14.3. The molecule has 104 valence electrons. The Labute approximate surface area is 116 Å². The van der Waals surface area contributed by atoms with Gasteiger partial charge in [-0.2, -0.15) is 5.26 Å². The fraction of sp³-hybridized carbons (Fsp3) is 0.562. The number of rotatable bonds is 7. The molecule has 0 spiro atoms. The van der Waals surface area contributed by atoms with E-state index in [1.165, 1.54) is 5.56 Å². The van der Waals surface area contributed by atoms with Gasteiger partial charge in [-0.3, -0.25) is 0 Å². The van der Waals surface area contributed by atoms with Crippen molar-refractivity contribution in [3.05, 3.63) is 29.8 Å². The molecule has 3 nitrogen and oxygen atoms in total. The van der Waals surface area contributed by atoms with E-state index in [2.05, 4.69) is 24.4 Å². The van der Waals surface area contributed by atoms with Crippen LogP contribution in [0.1, 0.15) is 45.2 Å². The van der Waals surface area contributed by atoms with Crippen LogP contribution in [0.25, 0.3) is 0 Å². The van der Waals surface area contributed by atoms with Crippen LogP contribution in [-0.2, 0) is 0 Å². The van der Waals surface area contributed by atoms with E-state index in [4.69, 9.17) is 10.00 Å². The van der Waals surface area contributed by atoms with Crippen LogP contribution >= 0.6 is 0 Å². The lowest BCUT2D eigenvalue weighted by atomic mass is 9.90. The summed E-state index contributed by atoms with van der Waals surface area (Å²) < 4.78 is 5.36. The maximum atomic E-state index is 8.96. The Morgan fingerprint density at radius 2 is 2.05 bits per heavy atom. The monoisotopic (exact) mass is 260 g/mol. The second-order valence-corrected chi connectivity index (χ2v) is 5.52. The summed E-state index contributed by atoms with van der Waals surface area (Å²) in [7, 11) is 1.70. The molecular formula is C16H24N2O. The van der Waals surface area contributed by atoms with E-state index in [9.17, 15) is 0 Å². The van der Waals surface area contributed by atoms with E-state index >= 15 is 0 Å². The largest absolute Gasteiger partial charge is 0.496 e.